The van der Waals surface area contributed by atoms with Crippen LogP contribution in [0.25, 0.3) is 11.1 Å². The van der Waals surface area contributed by atoms with E-state index in [1.54, 1.807) is 4.90 Å². The standard InChI is InChI=1S/C26H24F5N5O3/c1-13-10-36(11-14(2)35(13)4)22-8-19(27)16(15-5-20(28)25(39)34(3)12-15)6-21(22)33-24(38)17-9-32-23(37)7-18(17)26(29,30)31/h5-9,12,14H,1,10-11H2,2-4H3,(H,32,37)(H,33,38). The fraction of sp³-hybridized carbons (Fsp3) is 0.269. The van der Waals surface area contributed by atoms with E-state index >= 15 is 4.39 Å². The van der Waals surface area contributed by atoms with Crippen molar-refractivity contribution >= 4 is 17.3 Å². The summed E-state index contributed by atoms with van der Waals surface area (Å²) in [5.74, 6) is -3.18. The predicted molar refractivity (Wildman–Crippen MR) is 136 cm³/mol. The molecule has 1 saturated heterocycles. The number of hydrogen-bond acceptors (Lipinski definition) is 5. The first kappa shape index (κ1) is 27.6. The Hall–Kier alpha value is -4.42. The van der Waals surface area contributed by atoms with Gasteiger partial charge in [-0.05, 0) is 25.1 Å². The zero-order valence-corrected chi connectivity index (χ0v) is 21.1. The van der Waals surface area contributed by atoms with E-state index in [-0.39, 0.29) is 41.2 Å². The number of H-pyrrole nitrogens is 1. The van der Waals surface area contributed by atoms with Gasteiger partial charge in [0.1, 0.15) is 5.82 Å². The van der Waals surface area contributed by atoms with Gasteiger partial charge in [0.05, 0.1) is 29.0 Å². The molecular weight excluding hydrogens is 525 g/mol. The molecule has 3 aromatic rings. The van der Waals surface area contributed by atoms with Gasteiger partial charge in [-0.2, -0.15) is 13.2 Å². The first-order valence-corrected chi connectivity index (χ1v) is 11.6. The quantitative estimate of drug-likeness (QED) is 0.482. The fourth-order valence-corrected chi connectivity index (χ4v) is 4.38. The van der Waals surface area contributed by atoms with Crippen molar-refractivity contribution in [2.75, 3.05) is 30.4 Å². The molecule has 0 spiro atoms. The van der Waals surface area contributed by atoms with Crippen molar-refractivity contribution in [3.63, 3.8) is 0 Å². The van der Waals surface area contributed by atoms with Crippen molar-refractivity contribution < 1.29 is 26.7 Å². The number of carbonyl (C=O) groups is 1. The highest BCUT2D eigenvalue weighted by Gasteiger charge is 2.36. The largest absolute Gasteiger partial charge is 0.417 e. The van der Waals surface area contributed by atoms with Crippen LogP contribution in [0.2, 0.25) is 0 Å². The van der Waals surface area contributed by atoms with Gasteiger partial charge in [-0.25, -0.2) is 8.78 Å². The lowest BCUT2D eigenvalue weighted by molar-refractivity contribution is -0.138. The third kappa shape index (κ3) is 5.42. The molecule has 0 radical (unpaired) electrons. The first-order chi connectivity index (χ1) is 18.2. The molecule has 3 heterocycles. The van der Waals surface area contributed by atoms with E-state index < -0.39 is 46.0 Å². The number of anilines is 2. The number of aryl methyl sites for hydroxylation is 1. The predicted octanol–water partition coefficient (Wildman–Crippen LogP) is 3.94. The summed E-state index contributed by atoms with van der Waals surface area (Å²) in [4.78, 5) is 42.1. The zero-order valence-electron chi connectivity index (χ0n) is 21.1. The lowest BCUT2D eigenvalue weighted by atomic mass is 10.0. The van der Waals surface area contributed by atoms with Crippen LogP contribution >= 0.6 is 0 Å². The number of carbonyl (C=O) groups excluding carboxylic acids is 1. The van der Waals surface area contributed by atoms with Crippen LogP contribution in [0.5, 0.6) is 0 Å². The van der Waals surface area contributed by atoms with Crippen molar-refractivity contribution in [1.82, 2.24) is 14.5 Å². The number of rotatable bonds is 4. The van der Waals surface area contributed by atoms with Crippen LogP contribution in [0, 0.1) is 11.6 Å². The second-order valence-electron chi connectivity index (χ2n) is 9.33. The lowest BCUT2D eigenvalue weighted by Crippen LogP contribution is -2.48. The van der Waals surface area contributed by atoms with Crippen LogP contribution in [0.15, 0.2) is 58.5 Å². The molecule has 0 bridgehead atoms. The van der Waals surface area contributed by atoms with Gasteiger partial charge in [0.15, 0.2) is 5.82 Å². The normalized spacial score (nSPS) is 16.0. The summed E-state index contributed by atoms with van der Waals surface area (Å²) in [6, 6.07) is 3.26. The van der Waals surface area contributed by atoms with Gasteiger partial charge in [-0.15, -0.1) is 0 Å². The van der Waals surface area contributed by atoms with Crippen LogP contribution in [0.1, 0.15) is 22.8 Å². The maximum absolute atomic E-state index is 15.5. The summed E-state index contributed by atoms with van der Waals surface area (Å²) in [5.41, 5.74) is -3.79. The second kappa shape index (κ2) is 10.0. The Balaban J connectivity index is 1.87. The molecule has 4 rings (SSSR count). The number of nitrogens with zero attached hydrogens (tertiary/aromatic N) is 3. The van der Waals surface area contributed by atoms with E-state index in [4.69, 9.17) is 0 Å². The van der Waals surface area contributed by atoms with Crippen LogP contribution in [-0.2, 0) is 13.2 Å². The Morgan fingerprint density at radius 1 is 1.10 bits per heavy atom. The van der Waals surface area contributed by atoms with Crippen molar-refractivity contribution in [3.8, 4) is 11.1 Å². The summed E-state index contributed by atoms with van der Waals surface area (Å²) >= 11 is 0. The minimum atomic E-state index is -5.01. The van der Waals surface area contributed by atoms with Crippen LogP contribution in [-0.4, -0.2) is 46.5 Å². The SMILES string of the molecule is C=C1CN(c2cc(F)c(-c3cc(F)c(=O)n(C)c3)cc2NC(=O)c2c[nH]c(=O)cc2C(F)(F)F)CC(C)N1C. The number of likely N-dealkylation sites (N-methyl/N-ethyl adjacent to an activating group) is 1. The number of amides is 1. The summed E-state index contributed by atoms with van der Waals surface area (Å²) in [6.07, 6.45) is -3.17. The average molecular weight is 550 g/mol. The monoisotopic (exact) mass is 549 g/mol. The van der Waals surface area contributed by atoms with E-state index in [9.17, 15) is 31.9 Å². The van der Waals surface area contributed by atoms with Crippen molar-refractivity contribution in [1.29, 1.82) is 0 Å². The molecule has 0 aliphatic carbocycles. The summed E-state index contributed by atoms with van der Waals surface area (Å²) in [6.45, 7) is 6.47. The highest BCUT2D eigenvalue weighted by atomic mass is 19.4. The highest BCUT2D eigenvalue weighted by molar-refractivity contribution is 6.07. The van der Waals surface area contributed by atoms with Crippen LogP contribution in [0.4, 0.5) is 33.3 Å². The maximum Gasteiger partial charge on any atom is 0.417 e. The minimum Gasteiger partial charge on any atom is -0.372 e. The molecule has 1 aliphatic heterocycles. The lowest BCUT2D eigenvalue weighted by Gasteiger charge is -2.42. The number of aromatic amines is 1. The van der Waals surface area contributed by atoms with Gasteiger partial charge in [-0.1, -0.05) is 6.58 Å². The molecule has 2 aromatic heterocycles. The van der Waals surface area contributed by atoms with Crippen molar-refractivity contribution in [2.45, 2.75) is 19.1 Å². The molecule has 1 amide bonds. The maximum atomic E-state index is 15.5. The number of piperazine rings is 1. The summed E-state index contributed by atoms with van der Waals surface area (Å²) in [7, 11) is 3.11. The first-order valence-electron chi connectivity index (χ1n) is 11.6. The third-order valence-electron chi connectivity index (χ3n) is 6.62. The number of aromatic nitrogens is 2. The van der Waals surface area contributed by atoms with E-state index in [0.717, 1.165) is 22.8 Å². The molecule has 206 valence electrons. The van der Waals surface area contributed by atoms with Crippen LogP contribution in [0.3, 0.4) is 0 Å². The summed E-state index contributed by atoms with van der Waals surface area (Å²) in [5, 5.41) is 2.40. The van der Waals surface area contributed by atoms with Crippen LogP contribution < -0.4 is 21.3 Å². The van der Waals surface area contributed by atoms with Crippen molar-refractivity contribution in [2.24, 2.45) is 7.05 Å². The molecule has 2 N–H and O–H groups in total. The smallest absolute Gasteiger partial charge is 0.372 e. The Kier molecular flexibility index (Phi) is 7.11. The Morgan fingerprint density at radius 2 is 1.79 bits per heavy atom. The molecule has 1 fully saturated rings. The van der Waals surface area contributed by atoms with Crippen molar-refractivity contribution in [3.05, 3.63) is 92.4 Å². The van der Waals surface area contributed by atoms with E-state index in [2.05, 4.69) is 16.9 Å². The number of pyridine rings is 2. The number of alkyl halides is 3. The van der Waals surface area contributed by atoms with Gasteiger partial charge < -0.3 is 24.7 Å². The molecule has 1 unspecified atom stereocenters. The minimum absolute atomic E-state index is 0.0367. The van der Waals surface area contributed by atoms with Gasteiger partial charge in [0, 0.05) is 62.0 Å². The number of halogens is 5. The van der Waals surface area contributed by atoms with Gasteiger partial charge in [-0.3, -0.25) is 14.4 Å². The molecule has 1 aliphatic rings. The Labute approximate surface area is 219 Å². The number of hydrogen-bond donors (Lipinski definition) is 2. The number of benzene rings is 1. The van der Waals surface area contributed by atoms with E-state index in [1.165, 1.54) is 13.2 Å². The summed E-state index contributed by atoms with van der Waals surface area (Å²) < 4.78 is 71.4. The van der Waals surface area contributed by atoms with Gasteiger partial charge in [0.2, 0.25) is 5.56 Å². The van der Waals surface area contributed by atoms with E-state index in [0.29, 0.717) is 18.4 Å². The van der Waals surface area contributed by atoms with Gasteiger partial charge >= 0.3 is 6.18 Å². The second-order valence-corrected chi connectivity index (χ2v) is 9.33. The average Bonchev–Trinajstić information content (AvgIpc) is 2.85. The molecule has 13 heteroatoms. The topological polar surface area (TPSA) is 90.4 Å². The molecular formula is C26H24F5N5O3. The van der Waals surface area contributed by atoms with Gasteiger partial charge in [0.25, 0.3) is 11.5 Å². The molecule has 1 aromatic carbocycles. The van der Waals surface area contributed by atoms with E-state index in [1.807, 2.05) is 18.9 Å². The molecule has 8 nitrogen and oxygen atoms in total. The Bertz CT molecular complexity index is 1570. The third-order valence-corrected chi connectivity index (χ3v) is 6.62. The Morgan fingerprint density at radius 3 is 2.41 bits per heavy atom. The molecule has 0 saturated carbocycles. The fourth-order valence-electron chi connectivity index (χ4n) is 4.38. The number of nitrogens with one attached hydrogen (secondary N) is 2. The molecule has 39 heavy (non-hydrogen) atoms. The molecule has 1 atom stereocenters. The highest BCUT2D eigenvalue weighted by Crippen LogP contribution is 2.37. The zero-order chi connectivity index (χ0) is 28.8.